The van der Waals surface area contributed by atoms with Gasteiger partial charge in [-0.25, -0.2) is 8.78 Å². The van der Waals surface area contributed by atoms with Gasteiger partial charge in [0.1, 0.15) is 11.6 Å². The predicted molar refractivity (Wildman–Crippen MR) is 110 cm³/mol. The van der Waals surface area contributed by atoms with Crippen molar-refractivity contribution in [3.05, 3.63) is 53.6 Å². The van der Waals surface area contributed by atoms with Crippen molar-refractivity contribution in [2.45, 2.75) is 27.2 Å². The molecule has 2 aromatic rings. The standard InChI is InChI=1S/C22H23F2N3O3/c1-12(2)21(29)25-16-6-4-13(3)18(10-16)26-22(30)14-8-20(28)27(11-14)19-7-5-15(23)9-17(19)24/h4-7,9-10,12,14H,8,11H2,1-3H3,(H,25,29)(H,26,30). The van der Waals surface area contributed by atoms with Crippen LogP contribution in [0.4, 0.5) is 25.8 Å². The molecule has 1 saturated heterocycles. The predicted octanol–water partition coefficient (Wildman–Crippen LogP) is 3.86. The largest absolute Gasteiger partial charge is 0.326 e. The molecule has 3 rings (SSSR count). The first-order chi connectivity index (χ1) is 14.2. The van der Waals surface area contributed by atoms with Crippen molar-refractivity contribution in [2.75, 3.05) is 22.1 Å². The monoisotopic (exact) mass is 415 g/mol. The molecule has 30 heavy (non-hydrogen) atoms. The number of amides is 3. The minimum absolute atomic E-state index is 0.00393. The van der Waals surface area contributed by atoms with Gasteiger partial charge in [0.25, 0.3) is 0 Å². The molecule has 0 aliphatic carbocycles. The molecule has 1 fully saturated rings. The SMILES string of the molecule is Cc1ccc(NC(=O)C(C)C)cc1NC(=O)C1CC(=O)N(c2ccc(F)cc2F)C1. The molecular formula is C22H23F2N3O3. The van der Waals surface area contributed by atoms with Crippen LogP contribution in [-0.4, -0.2) is 24.3 Å². The Hall–Kier alpha value is -3.29. The zero-order valence-electron chi connectivity index (χ0n) is 17.0. The summed E-state index contributed by atoms with van der Waals surface area (Å²) in [5.41, 5.74) is 1.80. The molecule has 1 unspecified atom stereocenters. The van der Waals surface area contributed by atoms with E-state index in [1.54, 1.807) is 32.0 Å². The number of anilines is 3. The molecule has 0 bridgehead atoms. The second-order valence-electron chi connectivity index (χ2n) is 7.66. The molecule has 0 radical (unpaired) electrons. The number of rotatable bonds is 5. The van der Waals surface area contributed by atoms with Crippen LogP contribution in [0.1, 0.15) is 25.8 Å². The maximum Gasteiger partial charge on any atom is 0.229 e. The summed E-state index contributed by atoms with van der Waals surface area (Å²) in [6, 6.07) is 8.13. The van der Waals surface area contributed by atoms with E-state index >= 15 is 0 Å². The second kappa shape index (κ2) is 8.61. The Balaban J connectivity index is 1.72. The molecule has 1 aliphatic rings. The fourth-order valence-corrected chi connectivity index (χ4v) is 3.17. The summed E-state index contributed by atoms with van der Waals surface area (Å²) in [4.78, 5) is 38.1. The van der Waals surface area contributed by atoms with Gasteiger partial charge in [0.2, 0.25) is 17.7 Å². The third kappa shape index (κ3) is 4.64. The van der Waals surface area contributed by atoms with E-state index in [1.807, 2.05) is 6.92 Å². The van der Waals surface area contributed by atoms with Gasteiger partial charge in [-0.2, -0.15) is 0 Å². The summed E-state index contributed by atoms with van der Waals surface area (Å²) in [5, 5.41) is 5.56. The smallest absolute Gasteiger partial charge is 0.229 e. The molecule has 1 heterocycles. The molecule has 0 spiro atoms. The van der Waals surface area contributed by atoms with Gasteiger partial charge in [0.15, 0.2) is 0 Å². The Morgan fingerprint density at radius 1 is 1.10 bits per heavy atom. The lowest BCUT2D eigenvalue weighted by molar-refractivity contribution is -0.122. The van der Waals surface area contributed by atoms with Crippen molar-refractivity contribution in [3.8, 4) is 0 Å². The highest BCUT2D eigenvalue weighted by molar-refractivity contribution is 6.04. The minimum Gasteiger partial charge on any atom is -0.326 e. The van der Waals surface area contributed by atoms with Crippen molar-refractivity contribution in [2.24, 2.45) is 11.8 Å². The molecular weight excluding hydrogens is 392 g/mol. The van der Waals surface area contributed by atoms with Gasteiger partial charge in [0.05, 0.1) is 11.6 Å². The van der Waals surface area contributed by atoms with Crippen molar-refractivity contribution >= 4 is 34.8 Å². The van der Waals surface area contributed by atoms with Crippen LogP contribution in [-0.2, 0) is 14.4 Å². The third-order valence-corrected chi connectivity index (χ3v) is 4.98. The number of carbonyl (C=O) groups is 3. The summed E-state index contributed by atoms with van der Waals surface area (Å²) < 4.78 is 27.2. The lowest BCUT2D eigenvalue weighted by Gasteiger charge is -2.18. The molecule has 6 nitrogen and oxygen atoms in total. The fraction of sp³-hybridized carbons (Fsp3) is 0.318. The number of benzene rings is 2. The van der Waals surface area contributed by atoms with Gasteiger partial charge in [0, 0.05) is 36.3 Å². The number of carbonyl (C=O) groups excluding carboxylic acids is 3. The Morgan fingerprint density at radius 3 is 2.50 bits per heavy atom. The molecule has 1 atom stereocenters. The van der Waals surface area contributed by atoms with Crippen LogP contribution in [0.3, 0.4) is 0 Å². The van der Waals surface area contributed by atoms with E-state index < -0.39 is 23.5 Å². The third-order valence-electron chi connectivity index (χ3n) is 4.98. The average Bonchev–Trinajstić information content (AvgIpc) is 3.06. The number of hydrogen-bond acceptors (Lipinski definition) is 3. The Bertz CT molecular complexity index is 1010. The zero-order chi connectivity index (χ0) is 22.0. The Morgan fingerprint density at radius 2 is 1.83 bits per heavy atom. The summed E-state index contributed by atoms with van der Waals surface area (Å²) in [5.74, 6) is -3.40. The van der Waals surface area contributed by atoms with Crippen molar-refractivity contribution in [1.82, 2.24) is 0 Å². The molecule has 2 aromatic carbocycles. The van der Waals surface area contributed by atoms with Crippen LogP contribution < -0.4 is 15.5 Å². The normalized spacial score (nSPS) is 16.1. The van der Waals surface area contributed by atoms with Gasteiger partial charge >= 0.3 is 0 Å². The summed E-state index contributed by atoms with van der Waals surface area (Å²) in [6.45, 7) is 5.36. The fourth-order valence-electron chi connectivity index (χ4n) is 3.17. The number of nitrogens with one attached hydrogen (secondary N) is 2. The van der Waals surface area contributed by atoms with E-state index in [0.717, 1.165) is 16.5 Å². The maximum absolute atomic E-state index is 14.0. The molecule has 0 aromatic heterocycles. The highest BCUT2D eigenvalue weighted by Gasteiger charge is 2.36. The zero-order valence-corrected chi connectivity index (χ0v) is 17.0. The number of nitrogens with zero attached hydrogens (tertiary/aromatic N) is 1. The first-order valence-corrected chi connectivity index (χ1v) is 9.63. The quantitative estimate of drug-likeness (QED) is 0.778. The highest BCUT2D eigenvalue weighted by Crippen LogP contribution is 2.29. The minimum atomic E-state index is -0.853. The van der Waals surface area contributed by atoms with Gasteiger partial charge < -0.3 is 15.5 Å². The Labute approximate surface area is 173 Å². The molecule has 3 amide bonds. The van der Waals surface area contributed by atoms with Crippen LogP contribution in [0.5, 0.6) is 0 Å². The van der Waals surface area contributed by atoms with Crippen LogP contribution >= 0.6 is 0 Å². The van der Waals surface area contributed by atoms with Crippen LogP contribution in [0.2, 0.25) is 0 Å². The van der Waals surface area contributed by atoms with E-state index in [2.05, 4.69) is 10.6 Å². The first kappa shape index (κ1) is 21.4. The highest BCUT2D eigenvalue weighted by atomic mass is 19.1. The maximum atomic E-state index is 14.0. The number of halogens is 2. The van der Waals surface area contributed by atoms with Gasteiger partial charge in [-0.3, -0.25) is 14.4 Å². The summed E-state index contributed by atoms with van der Waals surface area (Å²) >= 11 is 0. The van der Waals surface area contributed by atoms with Crippen LogP contribution in [0, 0.1) is 30.4 Å². The average molecular weight is 415 g/mol. The van der Waals surface area contributed by atoms with Crippen LogP contribution in [0.25, 0.3) is 0 Å². The lowest BCUT2D eigenvalue weighted by atomic mass is 10.1. The molecule has 158 valence electrons. The van der Waals surface area contributed by atoms with Crippen LogP contribution in [0.15, 0.2) is 36.4 Å². The van der Waals surface area contributed by atoms with E-state index in [9.17, 15) is 23.2 Å². The first-order valence-electron chi connectivity index (χ1n) is 9.63. The Kier molecular flexibility index (Phi) is 6.14. The number of hydrogen-bond donors (Lipinski definition) is 2. The van der Waals surface area contributed by atoms with Crippen molar-refractivity contribution in [1.29, 1.82) is 0 Å². The summed E-state index contributed by atoms with van der Waals surface area (Å²) in [6.07, 6.45) is -0.0779. The summed E-state index contributed by atoms with van der Waals surface area (Å²) in [7, 11) is 0. The topological polar surface area (TPSA) is 78.5 Å². The van der Waals surface area contributed by atoms with Crippen molar-refractivity contribution < 1.29 is 23.2 Å². The van der Waals surface area contributed by atoms with E-state index in [-0.39, 0.29) is 36.4 Å². The van der Waals surface area contributed by atoms with Crippen molar-refractivity contribution in [3.63, 3.8) is 0 Å². The van der Waals surface area contributed by atoms with Gasteiger partial charge in [-0.1, -0.05) is 19.9 Å². The van der Waals surface area contributed by atoms with E-state index in [1.165, 1.54) is 6.07 Å². The van der Waals surface area contributed by atoms with E-state index in [4.69, 9.17) is 0 Å². The number of aryl methyl sites for hydroxylation is 1. The van der Waals surface area contributed by atoms with Gasteiger partial charge in [-0.05, 0) is 36.8 Å². The van der Waals surface area contributed by atoms with E-state index in [0.29, 0.717) is 17.4 Å². The lowest BCUT2D eigenvalue weighted by Crippen LogP contribution is -2.29. The second-order valence-corrected chi connectivity index (χ2v) is 7.66. The van der Waals surface area contributed by atoms with Gasteiger partial charge in [-0.15, -0.1) is 0 Å². The molecule has 2 N–H and O–H groups in total. The molecule has 0 saturated carbocycles. The molecule has 1 aliphatic heterocycles. The molecule has 8 heteroatoms.